The second-order valence-corrected chi connectivity index (χ2v) is 13.3. The number of carbonyl (C=O) groups is 2. The minimum Gasteiger partial charge on any atom is -0.352 e. The number of halogens is 2. The van der Waals surface area contributed by atoms with Crippen LogP contribution in [0.2, 0.25) is 10.0 Å². The maximum atomic E-state index is 13.9. The molecule has 2 atom stereocenters. The third kappa shape index (κ3) is 9.75. The quantitative estimate of drug-likeness (QED) is 0.223. The lowest BCUT2D eigenvalue weighted by Crippen LogP contribution is -2.52. The molecule has 0 saturated carbocycles. The van der Waals surface area contributed by atoms with Crippen molar-refractivity contribution < 1.29 is 18.0 Å². The van der Waals surface area contributed by atoms with Crippen LogP contribution in [0.25, 0.3) is 0 Å². The Bertz CT molecular complexity index is 1450. The van der Waals surface area contributed by atoms with Gasteiger partial charge in [-0.25, -0.2) is 8.42 Å². The maximum absolute atomic E-state index is 13.9. The summed E-state index contributed by atoms with van der Waals surface area (Å²) in [6, 6.07) is 21.0. The molecule has 3 aromatic carbocycles. The lowest BCUT2D eigenvalue weighted by molar-refractivity contribution is -0.141. The van der Waals surface area contributed by atoms with Crippen molar-refractivity contribution in [3.63, 3.8) is 0 Å². The summed E-state index contributed by atoms with van der Waals surface area (Å²) < 4.78 is 26.7. The van der Waals surface area contributed by atoms with Crippen LogP contribution in [0, 0.1) is 6.92 Å². The van der Waals surface area contributed by atoms with Crippen molar-refractivity contribution in [1.82, 2.24) is 10.2 Å². The molecule has 0 unspecified atom stereocenters. The molecular formula is C32H39Cl2N3O4S. The van der Waals surface area contributed by atoms with Crippen LogP contribution in [-0.4, -0.2) is 50.0 Å². The van der Waals surface area contributed by atoms with Crippen molar-refractivity contribution in [2.45, 2.75) is 65.1 Å². The Morgan fingerprint density at radius 2 is 1.57 bits per heavy atom. The molecule has 7 nitrogen and oxygen atoms in total. The van der Waals surface area contributed by atoms with E-state index in [2.05, 4.69) is 5.32 Å². The monoisotopic (exact) mass is 631 g/mol. The van der Waals surface area contributed by atoms with Crippen LogP contribution in [0.5, 0.6) is 0 Å². The van der Waals surface area contributed by atoms with Gasteiger partial charge in [0.15, 0.2) is 0 Å². The highest BCUT2D eigenvalue weighted by Crippen LogP contribution is 2.27. The number of aryl methyl sites for hydroxylation is 1. The molecule has 3 aromatic rings. The summed E-state index contributed by atoms with van der Waals surface area (Å²) in [6.45, 7) is 6.02. The number of nitrogens with zero attached hydrogens (tertiary/aromatic N) is 2. The Morgan fingerprint density at radius 1 is 0.929 bits per heavy atom. The summed E-state index contributed by atoms with van der Waals surface area (Å²) in [6.07, 6.45) is 2.51. The van der Waals surface area contributed by atoms with E-state index in [4.69, 9.17) is 23.2 Å². The number of rotatable bonds is 14. The Morgan fingerprint density at radius 3 is 2.19 bits per heavy atom. The van der Waals surface area contributed by atoms with Gasteiger partial charge in [-0.15, -0.1) is 0 Å². The number of carbonyl (C=O) groups excluding carboxylic acids is 2. The average molecular weight is 633 g/mol. The third-order valence-electron chi connectivity index (χ3n) is 7.13. The Labute approximate surface area is 259 Å². The summed E-state index contributed by atoms with van der Waals surface area (Å²) in [5.41, 5.74) is 2.99. The molecule has 0 aliphatic rings. The zero-order valence-electron chi connectivity index (χ0n) is 24.5. The number of amides is 2. The second-order valence-electron chi connectivity index (χ2n) is 10.5. The smallest absolute Gasteiger partial charge is 0.243 e. The van der Waals surface area contributed by atoms with Gasteiger partial charge in [-0.1, -0.05) is 78.7 Å². The first-order chi connectivity index (χ1) is 19.9. The van der Waals surface area contributed by atoms with Crippen LogP contribution in [-0.2, 0) is 32.6 Å². The van der Waals surface area contributed by atoms with Crippen LogP contribution in [0.3, 0.4) is 0 Å². The van der Waals surface area contributed by atoms with Gasteiger partial charge in [0.05, 0.1) is 11.9 Å². The van der Waals surface area contributed by atoms with Gasteiger partial charge in [0.2, 0.25) is 21.8 Å². The van der Waals surface area contributed by atoms with Crippen LogP contribution in [0.1, 0.15) is 49.8 Å². The molecule has 0 radical (unpaired) electrons. The molecule has 226 valence electrons. The third-order valence-corrected chi connectivity index (χ3v) is 8.80. The van der Waals surface area contributed by atoms with Gasteiger partial charge in [0.1, 0.15) is 6.04 Å². The zero-order valence-corrected chi connectivity index (χ0v) is 26.8. The van der Waals surface area contributed by atoms with E-state index >= 15 is 0 Å². The van der Waals surface area contributed by atoms with E-state index in [9.17, 15) is 18.0 Å². The molecule has 0 spiro atoms. The second kappa shape index (κ2) is 15.4. The Balaban J connectivity index is 1.90. The molecule has 42 heavy (non-hydrogen) atoms. The largest absolute Gasteiger partial charge is 0.352 e. The fourth-order valence-electron chi connectivity index (χ4n) is 4.62. The summed E-state index contributed by atoms with van der Waals surface area (Å²) in [5.74, 6) is -0.482. The van der Waals surface area contributed by atoms with Crippen LogP contribution < -0.4 is 9.62 Å². The minimum absolute atomic E-state index is 0.0428. The Hall–Kier alpha value is -3.07. The van der Waals surface area contributed by atoms with Crippen LogP contribution >= 0.6 is 23.2 Å². The molecule has 1 N–H and O–H groups in total. The van der Waals surface area contributed by atoms with Gasteiger partial charge in [0, 0.05) is 42.0 Å². The first kappa shape index (κ1) is 33.4. The predicted octanol–water partition coefficient (Wildman–Crippen LogP) is 6.40. The van der Waals surface area contributed by atoms with Crippen molar-refractivity contribution in [1.29, 1.82) is 0 Å². The molecule has 0 heterocycles. The molecular weight excluding hydrogens is 593 g/mol. The standard InChI is InChI=1S/C32H39Cl2N3O4S/c1-5-24(3)35-32(39)30(20-25-10-7-6-8-11-25)36(22-26-14-17-27(33)18-15-26)31(38)12-9-19-37(42(4,40)41)29-21-28(34)16-13-23(29)2/h6-8,10-11,13-18,21,24,30H,5,9,12,19-20,22H2,1-4H3,(H,35,39)/t24-,30-/m0/s1. The number of hydrogen-bond acceptors (Lipinski definition) is 4. The Kier molecular flexibility index (Phi) is 12.3. The van der Waals surface area contributed by atoms with Gasteiger partial charge in [-0.05, 0) is 67.6 Å². The van der Waals surface area contributed by atoms with E-state index in [1.165, 1.54) is 4.31 Å². The SMILES string of the molecule is CC[C@H](C)NC(=O)[C@H](Cc1ccccc1)N(Cc1ccc(Cl)cc1)C(=O)CCCN(c1cc(Cl)ccc1C)S(C)(=O)=O. The molecule has 2 amide bonds. The lowest BCUT2D eigenvalue weighted by Gasteiger charge is -2.33. The highest BCUT2D eigenvalue weighted by atomic mass is 35.5. The van der Waals surface area contributed by atoms with Gasteiger partial charge < -0.3 is 10.2 Å². The first-order valence-electron chi connectivity index (χ1n) is 14.0. The van der Waals surface area contributed by atoms with Gasteiger partial charge in [0.25, 0.3) is 0 Å². The number of benzene rings is 3. The maximum Gasteiger partial charge on any atom is 0.243 e. The molecule has 0 saturated heterocycles. The number of sulfonamides is 1. The summed E-state index contributed by atoms with van der Waals surface area (Å²) in [4.78, 5) is 29.2. The van der Waals surface area contributed by atoms with Crippen molar-refractivity contribution in [3.05, 3.63) is 99.5 Å². The molecule has 0 aromatic heterocycles. The van der Waals surface area contributed by atoms with E-state index < -0.39 is 16.1 Å². The molecule has 0 bridgehead atoms. The van der Waals surface area contributed by atoms with Crippen LogP contribution in [0.15, 0.2) is 72.8 Å². The van der Waals surface area contributed by atoms with Crippen molar-refractivity contribution >= 4 is 50.7 Å². The number of hydrogen-bond donors (Lipinski definition) is 1. The van der Waals surface area contributed by atoms with Crippen molar-refractivity contribution in [2.24, 2.45) is 0 Å². The highest BCUT2D eigenvalue weighted by molar-refractivity contribution is 7.92. The molecule has 0 aliphatic heterocycles. The fraction of sp³-hybridized carbons (Fsp3) is 0.375. The van der Waals surface area contributed by atoms with Gasteiger partial charge in [-0.3, -0.25) is 13.9 Å². The van der Waals surface area contributed by atoms with E-state index in [1.807, 2.05) is 63.2 Å². The lowest BCUT2D eigenvalue weighted by atomic mass is 10.0. The minimum atomic E-state index is -3.64. The van der Waals surface area contributed by atoms with Gasteiger partial charge >= 0.3 is 0 Å². The number of anilines is 1. The fourth-order valence-corrected chi connectivity index (χ4v) is 5.92. The summed E-state index contributed by atoms with van der Waals surface area (Å²) in [5, 5.41) is 4.05. The summed E-state index contributed by atoms with van der Waals surface area (Å²) >= 11 is 12.3. The van der Waals surface area contributed by atoms with E-state index in [0.717, 1.165) is 29.4 Å². The summed E-state index contributed by atoms with van der Waals surface area (Å²) in [7, 11) is -3.64. The highest BCUT2D eigenvalue weighted by Gasteiger charge is 2.31. The predicted molar refractivity (Wildman–Crippen MR) is 171 cm³/mol. The molecule has 3 rings (SSSR count). The first-order valence-corrected chi connectivity index (χ1v) is 16.6. The molecule has 10 heteroatoms. The van der Waals surface area contributed by atoms with Crippen molar-refractivity contribution in [3.8, 4) is 0 Å². The molecule has 0 aliphatic carbocycles. The molecule has 0 fully saturated rings. The zero-order chi connectivity index (χ0) is 30.9. The average Bonchev–Trinajstić information content (AvgIpc) is 2.95. The van der Waals surface area contributed by atoms with E-state index in [0.29, 0.717) is 22.2 Å². The van der Waals surface area contributed by atoms with Crippen LogP contribution in [0.4, 0.5) is 5.69 Å². The van der Waals surface area contributed by atoms with Gasteiger partial charge in [-0.2, -0.15) is 0 Å². The number of nitrogens with one attached hydrogen (secondary N) is 1. The topological polar surface area (TPSA) is 86.8 Å². The van der Waals surface area contributed by atoms with E-state index in [1.54, 1.807) is 35.2 Å². The van der Waals surface area contributed by atoms with Crippen molar-refractivity contribution in [2.75, 3.05) is 17.1 Å². The van der Waals surface area contributed by atoms with E-state index in [-0.39, 0.29) is 43.8 Å². The normalized spacial score (nSPS) is 12.8.